The van der Waals surface area contributed by atoms with Gasteiger partial charge in [-0.15, -0.1) is 0 Å². The Kier molecular flexibility index (Phi) is 3.99. The van der Waals surface area contributed by atoms with Crippen LogP contribution >= 0.6 is 11.6 Å². The van der Waals surface area contributed by atoms with Crippen molar-refractivity contribution in [3.8, 4) is 11.4 Å². The smallest absolute Gasteiger partial charge is 0.178 e. The molecule has 2 aromatic rings. The van der Waals surface area contributed by atoms with Crippen LogP contribution in [0, 0.1) is 11.6 Å². The molecule has 7 heteroatoms. The van der Waals surface area contributed by atoms with Crippen molar-refractivity contribution in [2.75, 3.05) is 5.73 Å². The number of anilines is 1. The minimum atomic E-state index is -0.826. The number of carbonyl (C=O) groups is 1. The largest absolute Gasteiger partial charge is 0.383 e. The minimum absolute atomic E-state index is 0.0118. The Balaban J connectivity index is 2.74. The maximum atomic E-state index is 13.9. The molecule has 2 rings (SSSR count). The molecule has 108 valence electrons. The predicted octanol–water partition coefficient (Wildman–Crippen LogP) is 3.50. The van der Waals surface area contributed by atoms with E-state index in [0.717, 1.165) is 12.1 Å². The van der Waals surface area contributed by atoms with Crippen LogP contribution < -0.4 is 5.73 Å². The highest BCUT2D eigenvalue weighted by molar-refractivity contribution is 6.30. The molecular weight excluding hydrogens is 300 g/mol. The Labute approximate surface area is 124 Å². The molecule has 0 saturated heterocycles. The van der Waals surface area contributed by atoms with Crippen LogP contribution in [-0.2, 0) is 0 Å². The molecular formula is C14H10ClF2N3O. The normalized spacial score (nSPS) is 10.5. The number of hydrogen-bond donors (Lipinski definition) is 1. The zero-order valence-electron chi connectivity index (χ0n) is 11.0. The van der Waals surface area contributed by atoms with Crippen LogP contribution in [0.1, 0.15) is 23.0 Å². The van der Waals surface area contributed by atoms with Crippen LogP contribution in [0.5, 0.6) is 0 Å². The Morgan fingerprint density at radius 2 is 2.00 bits per heavy atom. The first kappa shape index (κ1) is 15.1. The zero-order valence-corrected chi connectivity index (χ0v) is 11.7. The molecule has 21 heavy (non-hydrogen) atoms. The van der Waals surface area contributed by atoms with Crippen LogP contribution in [0.4, 0.5) is 14.6 Å². The van der Waals surface area contributed by atoms with Crippen molar-refractivity contribution in [3.05, 3.63) is 46.6 Å². The molecule has 0 bridgehead atoms. The topological polar surface area (TPSA) is 68.9 Å². The van der Waals surface area contributed by atoms with Crippen LogP contribution in [-0.4, -0.2) is 15.8 Å². The summed E-state index contributed by atoms with van der Waals surface area (Å²) in [6.07, 6.45) is 1.33. The Bertz CT molecular complexity index is 762. The van der Waals surface area contributed by atoms with E-state index >= 15 is 0 Å². The molecule has 0 aliphatic rings. The van der Waals surface area contributed by atoms with Gasteiger partial charge in [0, 0.05) is 12.5 Å². The number of halogens is 3. The summed E-state index contributed by atoms with van der Waals surface area (Å²) in [5.74, 6) is -2.28. The van der Waals surface area contributed by atoms with Crippen LogP contribution in [0.3, 0.4) is 0 Å². The number of nitrogens with two attached hydrogens (primary N) is 1. The number of hydrogen-bond acceptors (Lipinski definition) is 4. The van der Waals surface area contributed by atoms with Gasteiger partial charge in [0.2, 0.25) is 0 Å². The van der Waals surface area contributed by atoms with Gasteiger partial charge in [-0.25, -0.2) is 18.7 Å². The van der Waals surface area contributed by atoms with Crippen molar-refractivity contribution in [2.24, 2.45) is 0 Å². The summed E-state index contributed by atoms with van der Waals surface area (Å²) in [6, 6.07) is 1.66. The number of nitrogen functional groups attached to an aromatic ring is 1. The van der Waals surface area contributed by atoms with Crippen molar-refractivity contribution in [1.29, 1.82) is 0 Å². The molecule has 1 heterocycles. The molecule has 2 N–H and O–H groups in total. The summed E-state index contributed by atoms with van der Waals surface area (Å²) in [5.41, 5.74) is 5.71. The first-order valence-electron chi connectivity index (χ1n) is 5.81. The second kappa shape index (κ2) is 5.57. The minimum Gasteiger partial charge on any atom is -0.383 e. The quantitative estimate of drug-likeness (QED) is 0.696. The number of nitrogens with zero attached hydrogens (tertiary/aromatic N) is 2. The zero-order chi connectivity index (χ0) is 15.7. The van der Waals surface area contributed by atoms with Gasteiger partial charge in [-0.2, -0.15) is 0 Å². The van der Waals surface area contributed by atoms with Gasteiger partial charge >= 0.3 is 0 Å². The fraction of sp³-hybridized carbons (Fsp3) is 0.0714. The molecule has 0 aliphatic heterocycles. The maximum Gasteiger partial charge on any atom is 0.178 e. The third-order valence-electron chi connectivity index (χ3n) is 2.76. The van der Waals surface area contributed by atoms with E-state index in [1.165, 1.54) is 13.0 Å². The standard InChI is InChI=1S/C14H10ClF2N3O/c1-3-7-12(6(2)21)19-14(20-13(7)18)8-4-11(17)9(15)5-10(8)16/h3-5H,1H2,2H3,(H2,18,19,20). The van der Waals surface area contributed by atoms with E-state index in [1.54, 1.807) is 0 Å². The van der Waals surface area contributed by atoms with Gasteiger partial charge in [0.05, 0.1) is 10.6 Å². The van der Waals surface area contributed by atoms with Gasteiger partial charge in [-0.05, 0) is 12.1 Å². The number of Topliss-reactive ketones (excluding diaryl/α,β-unsaturated/α-hetero) is 1. The lowest BCUT2D eigenvalue weighted by Crippen LogP contribution is -2.09. The molecule has 0 saturated carbocycles. The van der Waals surface area contributed by atoms with Gasteiger partial charge in [0.15, 0.2) is 11.6 Å². The first-order chi connectivity index (χ1) is 9.85. The van der Waals surface area contributed by atoms with Crippen molar-refractivity contribution < 1.29 is 13.6 Å². The van der Waals surface area contributed by atoms with Crippen molar-refractivity contribution >= 4 is 29.3 Å². The molecule has 0 spiro atoms. The molecule has 0 unspecified atom stereocenters. The van der Waals surface area contributed by atoms with E-state index in [4.69, 9.17) is 17.3 Å². The highest BCUT2D eigenvalue weighted by atomic mass is 35.5. The van der Waals surface area contributed by atoms with Crippen LogP contribution in [0.25, 0.3) is 17.5 Å². The third kappa shape index (κ3) is 2.75. The van der Waals surface area contributed by atoms with Gasteiger partial charge in [0.1, 0.15) is 23.1 Å². The average Bonchev–Trinajstić information content (AvgIpc) is 2.41. The highest BCUT2D eigenvalue weighted by Gasteiger charge is 2.18. The van der Waals surface area contributed by atoms with E-state index in [0.29, 0.717) is 0 Å². The van der Waals surface area contributed by atoms with Crippen molar-refractivity contribution in [2.45, 2.75) is 6.92 Å². The molecule has 0 atom stereocenters. The molecule has 0 fully saturated rings. The average molecular weight is 310 g/mol. The first-order valence-corrected chi connectivity index (χ1v) is 6.18. The summed E-state index contributed by atoms with van der Waals surface area (Å²) in [5, 5.41) is -0.362. The van der Waals surface area contributed by atoms with E-state index < -0.39 is 17.4 Å². The van der Waals surface area contributed by atoms with Crippen LogP contribution in [0.2, 0.25) is 5.02 Å². The Morgan fingerprint density at radius 3 is 2.57 bits per heavy atom. The number of ketones is 1. The number of rotatable bonds is 3. The van der Waals surface area contributed by atoms with Crippen molar-refractivity contribution in [3.63, 3.8) is 0 Å². The molecule has 0 amide bonds. The van der Waals surface area contributed by atoms with Gasteiger partial charge < -0.3 is 5.73 Å². The third-order valence-corrected chi connectivity index (χ3v) is 3.05. The SMILES string of the molecule is C=Cc1c(N)nc(-c2cc(F)c(Cl)cc2F)nc1C(C)=O. The Hall–Kier alpha value is -2.34. The van der Waals surface area contributed by atoms with Crippen LogP contribution in [0.15, 0.2) is 18.7 Å². The Morgan fingerprint density at radius 1 is 1.33 bits per heavy atom. The van der Waals surface area contributed by atoms with E-state index in [-0.39, 0.29) is 33.5 Å². The number of carbonyl (C=O) groups excluding carboxylic acids is 1. The van der Waals surface area contributed by atoms with E-state index in [9.17, 15) is 13.6 Å². The lowest BCUT2D eigenvalue weighted by Gasteiger charge is -2.09. The monoisotopic (exact) mass is 309 g/mol. The second-order valence-electron chi connectivity index (χ2n) is 4.20. The summed E-state index contributed by atoms with van der Waals surface area (Å²) in [6.45, 7) is 4.79. The predicted molar refractivity (Wildman–Crippen MR) is 76.9 cm³/mol. The summed E-state index contributed by atoms with van der Waals surface area (Å²) in [4.78, 5) is 19.4. The lowest BCUT2D eigenvalue weighted by atomic mass is 10.1. The second-order valence-corrected chi connectivity index (χ2v) is 4.61. The summed E-state index contributed by atoms with van der Waals surface area (Å²) in [7, 11) is 0. The van der Waals surface area contributed by atoms with E-state index in [1.807, 2.05) is 0 Å². The molecule has 0 radical (unpaired) electrons. The molecule has 0 aliphatic carbocycles. The highest BCUT2D eigenvalue weighted by Crippen LogP contribution is 2.28. The molecule has 1 aromatic carbocycles. The van der Waals surface area contributed by atoms with E-state index in [2.05, 4.69) is 16.5 Å². The van der Waals surface area contributed by atoms with Gasteiger partial charge in [-0.3, -0.25) is 4.79 Å². The van der Waals surface area contributed by atoms with Gasteiger partial charge in [-0.1, -0.05) is 24.3 Å². The molecule has 1 aromatic heterocycles. The lowest BCUT2D eigenvalue weighted by molar-refractivity contribution is 0.101. The number of aromatic nitrogens is 2. The fourth-order valence-corrected chi connectivity index (χ4v) is 1.92. The summed E-state index contributed by atoms with van der Waals surface area (Å²) >= 11 is 5.49. The molecule has 4 nitrogen and oxygen atoms in total. The fourth-order valence-electron chi connectivity index (χ4n) is 1.77. The summed E-state index contributed by atoms with van der Waals surface area (Å²) < 4.78 is 27.4. The number of benzene rings is 1. The van der Waals surface area contributed by atoms with Gasteiger partial charge in [0.25, 0.3) is 0 Å². The van der Waals surface area contributed by atoms with Crippen molar-refractivity contribution in [1.82, 2.24) is 9.97 Å². The maximum absolute atomic E-state index is 13.9.